The number of hydrogen-bond donors (Lipinski definition) is 1. The molecule has 0 spiro atoms. The van der Waals surface area contributed by atoms with E-state index in [1.165, 1.54) is 12.8 Å². The minimum absolute atomic E-state index is 0.456. The van der Waals surface area contributed by atoms with E-state index in [0.29, 0.717) is 12.0 Å². The molecule has 0 aromatic heterocycles. The molecule has 0 heterocycles. The van der Waals surface area contributed by atoms with Crippen LogP contribution in [0, 0.1) is 17.8 Å². The summed E-state index contributed by atoms with van der Waals surface area (Å²) in [5.41, 5.74) is 0.456. The van der Waals surface area contributed by atoms with Crippen LogP contribution in [0.2, 0.25) is 0 Å². The molecule has 0 aliphatic carbocycles. The zero-order valence-electron chi connectivity index (χ0n) is 7.91. The lowest BCUT2D eigenvalue weighted by atomic mass is 9.91. The quantitative estimate of drug-likeness (QED) is 0.481. The van der Waals surface area contributed by atoms with E-state index in [9.17, 15) is 0 Å². The lowest BCUT2D eigenvalue weighted by Gasteiger charge is -2.17. The maximum absolute atomic E-state index is 5.08. The first-order valence-corrected chi connectivity index (χ1v) is 4.20. The van der Waals surface area contributed by atoms with Gasteiger partial charge in [0, 0.05) is 0 Å². The molecule has 0 fully saturated rings. The van der Waals surface area contributed by atoms with E-state index in [1.807, 2.05) is 0 Å². The second-order valence-electron chi connectivity index (χ2n) is 4.05. The molecule has 0 aromatic rings. The fraction of sp³-hybridized carbons (Fsp3) is 0.800. The summed E-state index contributed by atoms with van der Waals surface area (Å²) in [5.74, 6) is 2.55. The fourth-order valence-corrected chi connectivity index (χ4v) is 0.904. The van der Waals surface area contributed by atoms with Crippen LogP contribution >= 0.6 is 0 Å². The highest BCUT2D eigenvalue weighted by atomic mass is 14.8. The van der Waals surface area contributed by atoms with E-state index in [2.05, 4.69) is 32.0 Å². The zero-order valence-corrected chi connectivity index (χ0v) is 7.91. The first-order valence-electron chi connectivity index (χ1n) is 4.20. The zero-order chi connectivity index (χ0) is 8.74. The predicted octanol–water partition coefficient (Wildman–Crippen LogP) is 2.04. The van der Waals surface area contributed by atoms with Crippen molar-refractivity contribution in [3.05, 3.63) is 0 Å². The Morgan fingerprint density at radius 1 is 1.36 bits per heavy atom. The van der Waals surface area contributed by atoms with Gasteiger partial charge in [-0.1, -0.05) is 26.7 Å². The van der Waals surface area contributed by atoms with Gasteiger partial charge in [-0.25, -0.2) is 0 Å². The molecule has 64 valence electrons. The Hall–Kier alpha value is -0.480. The molecule has 11 heavy (non-hydrogen) atoms. The Balaban J connectivity index is 3.10. The van der Waals surface area contributed by atoms with Crippen molar-refractivity contribution in [3.63, 3.8) is 0 Å². The number of nitrogens with one attached hydrogen (secondary N) is 1. The van der Waals surface area contributed by atoms with Gasteiger partial charge in [0.15, 0.2) is 0 Å². The van der Waals surface area contributed by atoms with Crippen molar-refractivity contribution in [1.29, 1.82) is 0 Å². The van der Waals surface area contributed by atoms with Crippen molar-refractivity contribution in [2.45, 2.75) is 33.6 Å². The predicted molar refractivity (Wildman–Crippen MR) is 50.4 cm³/mol. The second-order valence-corrected chi connectivity index (χ2v) is 4.05. The van der Waals surface area contributed by atoms with Gasteiger partial charge in [-0.2, -0.15) is 0 Å². The largest absolute Gasteiger partial charge is 0.306 e. The second kappa shape index (κ2) is 5.21. The fourth-order valence-electron chi connectivity index (χ4n) is 0.904. The molecule has 0 unspecified atom stereocenters. The van der Waals surface area contributed by atoms with Gasteiger partial charge >= 0.3 is 0 Å². The topological polar surface area (TPSA) is 12.0 Å². The third-order valence-electron chi connectivity index (χ3n) is 1.51. The maximum Gasteiger partial charge on any atom is 0.0573 e. The molecule has 0 saturated carbocycles. The molecule has 1 nitrogen and oxygen atoms in total. The molecule has 0 amide bonds. The van der Waals surface area contributed by atoms with Crippen LogP contribution in [-0.4, -0.2) is 13.1 Å². The summed E-state index contributed by atoms with van der Waals surface area (Å²) in [6.07, 6.45) is 7.55. The van der Waals surface area contributed by atoms with E-state index in [0.717, 1.165) is 6.54 Å². The van der Waals surface area contributed by atoms with Gasteiger partial charge in [-0.15, -0.1) is 6.42 Å². The standard InChI is InChI=1S/C10H19N/c1-5-8-11-9-6-7-10(2,3)4/h1,11H,6-9H2,2-4H3. The Kier molecular flexibility index (Phi) is 4.98. The van der Waals surface area contributed by atoms with Crippen molar-refractivity contribution in [1.82, 2.24) is 5.32 Å². The normalized spacial score (nSPS) is 11.1. The van der Waals surface area contributed by atoms with Crippen LogP contribution in [0.1, 0.15) is 33.6 Å². The van der Waals surface area contributed by atoms with Crippen LogP contribution in [0.25, 0.3) is 0 Å². The molecule has 0 atom stereocenters. The highest BCUT2D eigenvalue weighted by molar-refractivity contribution is 4.86. The van der Waals surface area contributed by atoms with Gasteiger partial charge in [0.2, 0.25) is 0 Å². The molecule has 0 radical (unpaired) electrons. The summed E-state index contributed by atoms with van der Waals surface area (Å²) in [6, 6.07) is 0. The average molecular weight is 153 g/mol. The van der Waals surface area contributed by atoms with Crippen LogP contribution in [0.3, 0.4) is 0 Å². The summed E-state index contributed by atoms with van der Waals surface area (Å²) in [6.45, 7) is 8.52. The van der Waals surface area contributed by atoms with Crippen molar-refractivity contribution in [2.75, 3.05) is 13.1 Å². The van der Waals surface area contributed by atoms with Crippen molar-refractivity contribution >= 4 is 0 Å². The van der Waals surface area contributed by atoms with Gasteiger partial charge in [-0.3, -0.25) is 0 Å². The Bertz CT molecular complexity index is 125. The first kappa shape index (κ1) is 10.5. The van der Waals surface area contributed by atoms with Crippen LogP contribution in [-0.2, 0) is 0 Å². The number of terminal acetylenes is 1. The third-order valence-corrected chi connectivity index (χ3v) is 1.51. The van der Waals surface area contributed by atoms with E-state index >= 15 is 0 Å². The molecule has 0 bridgehead atoms. The van der Waals surface area contributed by atoms with E-state index < -0.39 is 0 Å². The van der Waals surface area contributed by atoms with Crippen LogP contribution in [0.15, 0.2) is 0 Å². The van der Waals surface area contributed by atoms with Crippen LogP contribution in [0.4, 0.5) is 0 Å². The molecule has 1 N–H and O–H groups in total. The van der Waals surface area contributed by atoms with Gasteiger partial charge in [0.1, 0.15) is 0 Å². The Morgan fingerprint density at radius 3 is 2.45 bits per heavy atom. The van der Waals surface area contributed by atoms with Gasteiger partial charge < -0.3 is 5.32 Å². The average Bonchev–Trinajstić information content (AvgIpc) is 1.85. The Morgan fingerprint density at radius 2 is 2.00 bits per heavy atom. The highest BCUT2D eigenvalue weighted by Crippen LogP contribution is 2.19. The van der Waals surface area contributed by atoms with Gasteiger partial charge in [0.25, 0.3) is 0 Å². The lowest BCUT2D eigenvalue weighted by Crippen LogP contribution is -2.17. The molecule has 0 rings (SSSR count). The monoisotopic (exact) mass is 153 g/mol. The summed E-state index contributed by atoms with van der Waals surface area (Å²) in [4.78, 5) is 0. The first-order chi connectivity index (χ1) is 5.06. The molecule has 0 aromatic carbocycles. The summed E-state index contributed by atoms with van der Waals surface area (Å²) >= 11 is 0. The molecule has 0 aliphatic heterocycles. The highest BCUT2D eigenvalue weighted by Gasteiger charge is 2.08. The summed E-state index contributed by atoms with van der Waals surface area (Å²) < 4.78 is 0. The van der Waals surface area contributed by atoms with Crippen molar-refractivity contribution in [2.24, 2.45) is 5.41 Å². The minimum Gasteiger partial charge on any atom is -0.306 e. The van der Waals surface area contributed by atoms with Crippen LogP contribution < -0.4 is 5.32 Å². The van der Waals surface area contributed by atoms with Gasteiger partial charge in [-0.05, 0) is 24.8 Å². The van der Waals surface area contributed by atoms with E-state index in [4.69, 9.17) is 6.42 Å². The molecule has 0 saturated heterocycles. The minimum atomic E-state index is 0.456. The van der Waals surface area contributed by atoms with Crippen LogP contribution in [0.5, 0.6) is 0 Å². The lowest BCUT2D eigenvalue weighted by molar-refractivity contribution is 0.362. The third kappa shape index (κ3) is 9.52. The number of hydrogen-bond acceptors (Lipinski definition) is 1. The maximum atomic E-state index is 5.08. The molecule has 1 heteroatoms. The van der Waals surface area contributed by atoms with Gasteiger partial charge in [0.05, 0.1) is 6.54 Å². The smallest absolute Gasteiger partial charge is 0.0573 e. The SMILES string of the molecule is C#CCNCCCC(C)(C)C. The molecule has 0 aliphatic rings. The number of rotatable bonds is 4. The summed E-state index contributed by atoms with van der Waals surface area (Å²) in [7, 11) is 0. The van der Waals surface area contributed by atoms with Crippen molar-refractivity contribution in [3.8, 4) is 12.3 Å². The summed E-state index contributed by atoms with van der Waals surface area (Å²) in [5, 5.41) is 3.17. The van der Waals surface area contributed by atoms with E-state index in [-0.39, 0.29) is 0 Å². The van der Waals surface area contributed by atoms with E-state index in [1.54, 1.807) is 0 Å². The Labute approximate surface area is 70.6 Å². The molecular formula is C10H19N. The molecular weight excluding hydrogens is 134 g/mol. The van der Waals surface area contributed by atoms with Crippen molar-refractivity contribution < 1.29 is 0 Å².